The molecule has 1 heterocycles. The van der Waals surface area contributed by atoms with Crippen molar-refractivity contribution in [2.75, 3.05) is 18.0 Å². The van der Waals surface area contributed by atoms with Crippen molar-refractivity contribution in [2.24, 2.45) is 0 Å². The molecule has 1 aromatic rings. The van der Waals surface area contributed by atoms with Crippen molar-refractivity contribution in [3.05, 3.63) is 17.6 Å². The fourth-order valence-corrected chi connectivity index (χ4v) is 1.30. The highest BCUT2D eigenvalue weighted by Gasteiger charge is 2.16. The maximum atomic E-state index is 11.0. The molecule has 0 bridgehead atoms. The molecule has 0 spiro atoms. The van der Waals surface area contributed by atoms with E-state index >= 15 is 0 Å². The normalized spacial score (nSPS) is 9.56. The first-order valence-corrected chi connectivity index (χ1v) is 4.85. The second-order valence-electron chi connectivity index (χ2n) is 3.18. The summed E-state index contributed by atoms with van der Waals surface area (Å²) in [7, 11) is 0. The summed E-state index contributed by atoms with van der Waals surface area (Å²) in [6.07, 6.45) is 6.53. The molecule has 0 aromatic carbocycles. The summed E-state index contributed by atoms with van der Waals surface area (Å²) in [5, 5.41) is 9.01. The van der Waals surface area contributed by atoms with Crippen LogP contribution in [0.25, 0.3) is 0 Å². The van der Waals surface area contributed by atoms with Gasteiger partial charge in [-0.15, -0.1) is 6.42 Å². The maximum Gasteiger partial charge on any atom is 0.341 e. The molecular formula is C11H13N3O2. The number of carboxylic acid groups (broad SMARTS) is 1. The van der Waals surface area contributed by atoms with Gasteiger partial charge in [-0.25, -0.2) is 14.8 Å². The van der Waals surface area contributed by atoms with Crippen molar-refractivity contribution in [1.82, 2.24) is 9.97 Å². The number of aryl methyl sites for hydroxylation is 1. The second-order valence-corrected chi connectivity index (χ2v) is 3.18. The summed E-state index contributed by atoms with van der Waals surface area (Å²) < 4.78 is 0. The van der Waals surface area contributed by atoms with Gasteiger partial charge in [-0.05, 0) is 13.8 Å². The van der Waals surface area contributed by atoms with E-state index in [0.29, 0.717) is 24.7 Å². The number of anilines is 1. The third-order valence-electron chi connectivity index (χ3n) is 2.08. The zero-order valence-corrected chi connectivity index (χ0v) is 9.27. The van der Waals surface area contributed by atoms with Gasteiger partial charge in [-0.2, -0.15) is 0 Å². The molecule has 0 saturated carbocycles. The van der Waals surface area contributed by atoms with E-state index in [1.807, 2.05) is 6.92 Å². The van der Waals surface area contributed by atoms with E-state index < -0.39 is 5.97 Å². The Bertz CT molecular complexity index is 437. The summed E-state index contributed by atoms with van der Waals surface area (Å²) in [4.78, 5) is 20.7. The molecule has 0 aliphatic rings. The van der Waals surface area contributed by atoms with Gasteiger partial charge in [0.25, 0.3) is 0 Å². The zero-order chi connectivity index (χ0) is 12.1. The van der Waals surface area contributed by atoms with E-state index in [9.17, 15) is 4.79 Å². The minimum absolute atomic E-state index is 0.0719. The Balaban J connectivity index is 3.23. The lowest BCUT2D eigenvalue weighted by atomic mass is 10.3. The molecule has 0 amide bonds. The van der Waals surface area contributed by atoms with Gasteiger partial charge in [0.2, 0.25) is 0 Å². The van der Waals surface area contributed by atoms with Crippen LogP contribution in [0.15, 0.2) is 6.20 Å². The van der Waals surface area contributed by atoms with E-state index in [2.05, 4.69) is 15.9 Å². The number of hydrogen-bond donors (Lipinski definition) is 1. The first kappa shape index (κ1) is 12.0. The highest BCUT2D eigenvalue weighted by Crippen LogP contribution is 2.16. The van der Waals surface area contributed by atoms with Crippen molar-refractivity contribution in [1.29, 1.82) is 0 Å². The molecule has 0 fully saturated rings. The number of carbonyl (C=O) groups is 1. The monoisotopic (exact) mass is 219 g/mol. The lowest BCUT2D eigenvalue weighted by Crippen LogP contribution is -2.26. The molecule has 5 nitrogen and oxygen atoms in total. The predicted molar refractivity (Wildman–Crippen MR) is 60.4 cm³/mol. The molecule has 5 heteroatoms. The van der Waals surface area contributed by atoms with Gasteiger partial charge in [0.15, 0.2) is 0 Å². The Morgan fingerprint density at radius 3 is 2.88 bits per heavy atom. The standard InChI is InChI=1S/C11H13N3O2/c1-4-6-14(5-2)10-9(11(15)16)7-12-8(3)13-10/h1,7H,5-6H2,2-3H3,(H,15,16). The lowest BCUT2D eigenvalue weighted by Gasteiger charge is -2.20. The van der Waals surface area contributed by atoms with Crippen molar-refractivity contribution >= 4 is 11.8 Å². The maximum absolute atomic E-state index is 11.0. The third-order valence-corrected chi connectivity index (χ3v) is 2.08. The van der Waals surface area contributed by atoms with Crippen molar-refractivity contribution < 1.29 is 9.90 Å². The highest BCUT2D eigenvalue weighted by atomic mass is 16.4. The first-order valence-electron chi connectivity index (χ1n) is 4.85. The molecule has 16 heavy (non-hydrogen) atoms. The van der Waals surface area contributed by atoms with Crippen LogP contribution in [0.2, 0.25) is 0 Å². The summed E-state index contributed by atoms with van der Waals surface area (Å²) in [6, 6.07) is 0. The molecule has 1 rings (SSSR count). The van der Waals surface area contributed by atoms with E-state index in [4.69, 9.17) is 11.5 Å². The lowest BCUT2D eigenvalue weighted by molar-refractivity contribution is 0.0696. The Kier molecular flexibility index (Phi) is 3.84. The number of aromatic nitrogens is 2. The second kappa shape index (κ2) is 5.12. The molecular weight excluding hydrogens is 206 g/mol. The van der Waals surface area contributed by atoms with Crippen LogP contribution in [-0.2, 0) is 0 Å². The average Bonchev–Trinajstić information content (AvgIpc) is 2.25. The first-order chi connectivity index (χ1) is 7.60. The summed E-state index contributed by atoms with van der Waals surface area (Å²) >= 11 is 0. The summed E-state index contributed by atoms with van der Waals surface area (Å²) in [5.74, 6) is 2.32. The van der Waals surface area contributed by atoms with Gasteiger partial charge < -0.3 is 10.0 Å². The fourth-order valence-electron chi connectivity index (χ4n) is 1.30. The largest absolute Gasteiger partial charge is 0.477 e. The zero-order valence-electron chi connectivity index (χ0n) is 9.27. The van der Waals surface area contributed by atoms with E-state index in [1.165, 1.54) is 6.20 Å². The van der Waals surface area contributed by atoms with Crippen molar-refractivity contribution in [3.63, 3.8) is 0 Å². The molecule has 1 N–H and O–H groups in total. The highest BCUT2D eigenvalue weighted by molar-refractivity contribution is 5.93. The molecule has 0 aliphatic heterocycles. The van der Waals surface area contributed by atoms with Crippen LogP contribution in [0.1, 0.15) is 23.1 Å². The minimum atomic E-state index is -1.05. The van der Waals surface area contributed by atoms with Gasteiger partial charge in [0, 0.05) is 12.7 Å². The quantitative estimate of drug-likeness (QED) is 0.763. The number of aromatic carboxylic acids is 1. The minimum Gasteiger partial charge on any atom is -0.477 e. The predicted octanol–water partition coefficient (Wildman–Crippen LogP) is 0.943. The van der Waals surface area contributed by atoms with E-state index in [0.717, 1.165) is 0 Å². The van der Waals surface area contributed by atoms with Gasteiger partial charge in [-0.1, -0.05) is 5.92 Å². The smallest absolute Gasteiger partial charge is 0.341 e. The van der Waals surface area contributed by atoms with Crippen LogP contribution in [0.5, 0.6) is 0 Å². The van der Waals surface area contributed by atoms with Gasteiger partial charge in [-0.3, -0.25) is 0 Å². The molecule has 0 unspecified atom stereocenters. The molecule has 1 aromatic heterocycles. The topological polar surface area (TPSA) is 66.3 Å². The Hall–Kier alpha value is -2.09. The molecule has 0 atom stereocenters. The third kappa shape index (κ3) is 2.48. The Labute approximate surface area is 94.1 Å². The molecule has 84 valence electrons. The van der Waals surface area contributed by atoms with E-state index in [1.54, 1.807) is 11.8 Å². The molecule has 0 radical (unpaired) electrons. The van der Waals surface area contributed by atoms with Gasteiger partial charge >= 0.3 is 5.97 Å². The SMILES string of the molecule is C#CCN(CC)c1nc(C)ncc1C(=O)O. The summed E-state index contributed by atoms with van der Waals surface area (Å²) in [6.45, 7) is 4.52. The van der Waals surface area contributed by atoms with Crippen LogP contribution in [0, 0.1) is 19.3 Å². The van der Waals surface area contributed by atoms with Gasteiger partial charge in [0.1, 0.15) is 17.2 Å². The average molecular weight is 219 g/mol. The van der Waals surface area contributed by atoms with Crippen LogP contribution >= 0.6 is 0 Å². The fraction of sp³-hybridized carbons (Fsp3) is 0.364. The van der Waals surface area contributed by atoms with Crippen molar-refractivity contribution in [3.8, 4) is 12.3 Å². The number of hydrogen-bond acceptors (Lipinski definition) is 4. The van der Waals surface area contributed by atoms with Crippen molar-refractivity contribution in [2.45, 2.75) is 13.8 Å². The van der Waals surface area contributed by atoms with Crippen LogP contribution in [-0.4, -0.2) is 34.1 Å². The number of carboxylic acids is 1. The number of rotatable bonds is 4. The number of terminal acetylenes is 1. The van der Waals surface area contributed by atoms with Crippen LogP contribution < -0.4 is 4.90 Å². The van der Waals surface area contributed by atoms with Crippen LogP contribution in [0.4, 0.5) is 5.82 Å². The van der Waals surface area contributed by atoms with E-state index in [-0.39, 0.29) is 5.56 Å². The molecule has 0 aliphatic carbocycles. The molecule has 0 saturated heterocycles. The van der Waals surface area contributed by atoms with Gasteiger partial charge in [0.05, 0.1) is 6.54 Å². The Morgan fingerprint density at radius 1 is 1.69 bits per heavy atom. The van der Waals surface area contributed by atoms with Crippen LogP contribution in [0.3, 0.4) is 0 Å². The summed E-state index contributed by atoms with van der Waals surface area (Å²) in [5.41, 5.74) is 0.0719. The Morgan fingerprint density at radius 2 is 2.38 bits per heavy atom. The number of nitrogens with zero attached hydrogens (tertiary/aromatic N) is 3.